The zero-order chi connectivity index (χ0) is 6.69. The minimum Gasteiger partial charge on any atom is -0.214 e. The first-order chi connectivity index (χ1) is 4.34. The van der Waals surface area contributed by atoms with Crippen LogP contribution in [0.15, 0.2) is 29.7 Å². The number of nitrogens with zero attached hydrogens (tertiary/aromatic N) is 1. The van der Waals surface area contributed by atoms with Crippen molar-refractivity contribution in [1.82, 2.24) is 0 Å². The first-order valence-electron chi connectivity index (χ1n) is 2.45. The topological polar surface area (TPSA) is 20.9 Å². The largest absolute Gasteiger partial charge is 0.417 e. The summed E-state index contributed by atoms with van der Waals surface area (Å²) < 4.78 is 1.48. The minimum absolute atomic E-state index is 0.0868. The predicted octanol–water partition coefficient (Wildman–Crippen LogP) is 0.862. The highest BCUT2D eigenvalue weighted by molar-refractivity contribution is 7.07. The highest BCUT2D eigenvalue weighted by Crippen LogP contribution is 1.86. The number of carbonyl (C=O) groups is 1. The van der Waals surface area contributed by atoms with Crippen LogP contribution >= 0.6 is 11.3 Å². The lowest BCUT2D eigenvalue weighted by Crippen LogP contribution is -2.37. The van der Waals surface area contributed by atoms with Crippen molar-refractivity contribution in [3.05, 3.63) is 29.7 Å². The average Bonchev–Trinajstić information content (AvgIpc) is 2.37. The predicted molar refractivity (Wildman–Crippen MR) is 35.3 cm³/mol. The normalized spacial score (nSPS) is 8.89. The van der Waals surface area contributed by atoms with Crippen LogP contribution < -0.4 is 4.57 Å². The van der Waals surface area contributed by atoms with Crippen LogP contribution in [0.3, 0.4) is 0 Å². The van der Waals surface area contributed by atoms with Crippen LogP contribution in [-0.4, -0.2) is 5.91 Å². The van der Waals surface area contributed by atoms with Crippen molar-refractivity contribution < 1.29 is 9.36 Å². The summed E-state index contributed by atoms with van der Waals surface area (Å²) in [5.41, 5.74) is 1.73. The molecule has 1 rings (SSSR count). The number of aromatic nitrogens is 1. The van der Waals surface area contributed by atoms with E-state index in [1.165, 1.54) is 22.0 Å². The molecule has 0 bridgehead atoms. The Kier molecular flexibility index (Phi) is 1.75. The quantitative estimate of drug-likeness (QED) is 0.418. The van der Waals surface area contributed by atoms with Gasteiger partial charge in [0.25, 0.3) is 0 Å². The Balaban J connectivity index is 2.89. The van der Waals surface area contributed by atoms with E-state index in [2.05, 4.69) is 6.58 Å². The van der Waals surface area contributed by atoms with Gasteiger partial charge in [0, 0.05) is 6.08 Å². The summed E-state index contributed by atoms with van der Waals surface area (Å²) in [6, 6.07) is 0. The van der Waals surface area contributed by atoms with Gasteiger partial charge in [-0.1, -0.05) is 17.9 Å². The molecule has 0 saturated carbocycles. The van der Waals surface area contributed by atoms with E-state index in [0.29, 0.717) is 0 Å². The Morgan fingerprint density at radius 1 is 1.78 bits per heavy atom. The fourth-order valence-electron chi connectivity index (χ4n) is 0.467. The lowest BCUT2D eigenvalue weighted by molar-refractivity contribution is -0.564. The van der Waals surface area contributed by atoms with Crippen LogP contribution in [0.4, 0.5) is 0 Å². The van der Waals surface area contributed by atoms with Crippen molar-refractivity contribution in [2.45, 2.75) is 0 Å². The monoisotopic (exact) mass is 140 g/mol. The minimum atomic E-state index is -0.0868. The maximum absolute atomic E-state index is 10.7. The van der Waals surface area contributed by atoms with Crippen molar-refractivity contribution in [3.8, 4) is 0 Å². The van der Waals surface area contributed by atoms with Gasteiger partial charge in [-0.05, 0) is 0 Å². The summed E-state index contributed by atoms with van der Waals surface area (Å²) in [5, 5.41) is 1.83. The van der Waals surface area contributed by atoms with Gasteiger partial charge in [0.15, 0.2) is 6.20 Å². The lowest BCUT2D eigenvalue weighted by atomic mass is 10.6. The van der Waals surface area contributed by atoms with Crippen molar-refractivity contribution in [1.29, 1.82) is 0 Å². The molecule has 0 fully saturated rings. The molecule has 1 aromatic rings. The fraction of sp³-hybridized carbons (Fsp3) is 0. The molecule has 0 aliphatic rings. The van der Waals surface area contributed by atoms with E-state index in [-0.39, 0.29) is 5.91 Å². The van der Waals surface area contributed by atoms with Gasteiger partial charge < -0.3 is 0 Å². The van der Waals surface area contributed by atoms with Crippen LogP contribution in [0.25, 0.3) is 0 Å². The van der Waals surface area contributed by atoms with Crippen LogP contribution in [0.2, 0.25) is 0 Å². The Hall–Kier alpha value is -0.960. The summed E-state index contributed by atoms with van der Waals surface area (Å²) in [6.45, 7) is 3.35. The molecule has 0 aliphatic carbocycles. The standard InChI is InChI=1S/C6H6NOS/c1-2-6(8)7-3-4-9-5-7/h2-5H,1H2/q+1. The van der Waals surface area contributed by atoms with Gasteiger partial charge >= 0.3 is 5.91 Å². The van der Waals surface area contributed by atoms with E-state index in [0.717, 1.165) is 0 Å². The molecule has 0 saturated heterocycles. The maximum atomic E-state index is 10.7. The van der Waals surface area contributed by atoms with Crippen LogP contribution in [0.5, 0.6) is 0 Å². The van der Waals surface area contributed by atoms with Crippen LogP contribution in [0, 0.1) is 0 Å². The SMILES string of the molecule is C=CC(=O)[n+]1ccsc1. The molecule has 0 atom stereocenters. The smallest absolute Gasteiger partial charge is 0.214 e. The number of thiazole rings is 1. The van der Waals surface area contributed by atoms with E-state index in [9.17, 15) is 4.79 Å². The molecule has 3 heteroatoms. The van der Waals surface area contributed by atoms with Crippen molar-refractivity contribution >= 4 is 17.2 Å². The fourth-order valence-corrected chi connectivity index (χ4v) is 1.04. The first kappa shape index (κ1) is 6.16. The highest BCUT2D eigenvalue weighted by atomic mass is 32.1. The second-order valence-corrected chi connectivity index (χ2v) is 2.23. The third kappa shape index (κ3) is 1.23. The third-order valence-electron chi connectivity index (χ3n) is 0.904. The number of carbonyl (C=O) groups excluding carboxylic acids is 1. The molecule has 0 unspecified atom stereocenters. The van der Waals surface area contributed by atoms with Crippen molar-refractivity contribution in [2.24, 2.45) is 0 Å². The van der Waals surface area contributed by atoms with E-state index in [1.54, 1.807) is 11.7 Å². The van der Waals surface area contributed by atoms with Gasteiger partial charge in [0.1, 0.15) is 0 Å². The second-order valence-electron chi connectivity index (χ2n) is 1.48. The lowest BCUT2D eigenvalue weighted by Gasteiger charge is -1.75. The van der Waals surface area contributed by atoms with E-state index in [4.69, 9.17) is 0 Å². The number of hydrogen-bond acceptors (Lipinski definition) is 2. The number of rotatable bonds is 1. The zero-order valence-electron chi connectivity index (χ0n) is 4.78. The van der Waals surface area contributed by atoms with Gasteiger partial charge in [0.05, 0.1) is 5.38 Å². The van der Waals surface area contributed by atoms with E-state index in [1.807, 2.05) is 5.38 Å². The van der Waals surface area contributed by atoms with Crippen LogP contribution in [0.1, 0.15) is 4.79 Å². The molecule has 0 spiro atoms. The van der Waals surface area contributed by atoms with Gasteiger partial charge in [0.2, 0.25) is 5.51 Å². The van der Waals surface area contributed by atoms with Gasteiger partial charge in [-0.15, -0.1) is 4.57 Å². The Morgan fingerprint density at radius 3 is 3.00 bits per heavy atom. The molecule has 1 heterocycles. The average molecular weight is 140 g/mol. The molecule has 0 aliphatic heterocycles. The molecule has 0 amide bonds. The molecule has 9 heavy (non-hydrogen) atoms. The molecule has 2 nitrogen and oxygen atoms in total. The van der Waals surface area contributed by atoms with Gasteiger partial charge in [-0.25, -0.2) is 4.79 Å². The Bertz CT molecular complexity index is 215. The molecular formula is C6H6NOS+. The summed E-state index contributed by atoms with van der Waals surface area (Å²) in [5.74, 6) is -0.0868. The van der Waals surface area contributed by atoms with Crippen LogP contribution in [-0.2, 0) is 0 Å². The Morgan fingerprint density at radius 2 is 2.56 bits per heavy atom. The first-order valence-corrected chi connectivity index (χ1v) is 3.39. The molecule has 0 aromatic carbocycles. The van der Waals surface area contributed by atoms with E-state index >= 15 is 0 Å². The molecule has 0 radical (unpaired) electrons. The maximum Gasteiger partial charge on any atom is 0.417 e. The molecular weight excluding hydrogens is 134 g/mol. The summed E-state index contributed by atoms with van der Waals surface area (Å²) in [4.78, 5) is 10.7. The second kappa shape index (κ2) is 2.55. The number of allylic oxidation sites excluding steroid dienone is 1. The third-order valence-corrected chi connectivity index (χ3v) is 1.53. The molecule has 1 aromatic heterocycles. The van der Waals surface area contributed by atoms with E-state index < -0.39 is 0 Å². The summed E-state index contributed by atoms with van der Waals surface area (Å²) >= 11 is 1.48. The Labute approximate surface area is 57.1 Å². The highest BCUT2D eigenvalue weighted by Gasteiger charge is 2.06. The van der Waals surface area contributed by atoms with Crippen molar-refractivity contribution in [2.75, 3.05) is 0 Å². The van der Waals surface area contributed by atoms with Crippen molar-refractivity contribution in [3.63, 3.8) is 0 Å². The number of hydrogen-bond donors (Lipinski definition) is 0. The summed E-state index contributed by atoms with van der Waals surface area (Å²) in [7, 11) is 0. The zero-order valence-corrected chi connectivity index (χ0v) is 5.60. The molecule has 46 valence electrons. The molecule has 0 N–H and O–H groups in total. The van der Waals surface area contributed by atoms with Gasteiger partial charge in [-0.2, -0.15) is 0 Å². The van der Waals surface area contributed by atoms with Gasteiger partial charge in [-0.3, -0.25) is 0 Å². The summed E-state index contributed by atoms with van der Waals surface area (Å²) in [6.07, 6.45) is 2.99.